The van der Waals surface area contributed by atoms with Gasteiger partial charge in [-0.05, 0) is 19.8 Å². The molecule has 0 radical (unpaired) electrons. The monoisotopic (exact) mass is 322 g/mol. The number of carbonyl (C=O) groups excluding carboxylic acids is 1. The molecule has 0 spiro atoms. The molecule has 8 nitrogen and oxygen atoms in total. The molecular weight excluding hydrogens is 296 g/mol. The number of carbonyl (C=O) groups is 2. The third kappa shape index (κ3) is 8.93. The molecule has 0 saturated carbocycles. The third-order valence-corrected chi connectivity index (χ3v) is 2.58. The lowest BCUT2D eigenvalue weighted by molar-refractivity contribution is -0.172. The van der Waals surface area contributed by atoms with Gasteiger partial charge in [-0.15, -0.1) is 0 Å². The molecule has 22 heavy (non-hydrogen) atoms. The number of esters is 1. The molecule has 0 aromatic heterocycles. The van der Waals surface area contributed by atoms with Gasteiger partial charge >= 0.3 is 11.9 Å². The van der Waals surface area contributed by atoms with Crippen molar-refractivity contribution >= 4 is 11.9 Å². The fourth-order valence-corrected chi connectivity index (χ4v) is 1.30. The second-order valence-electron chi connectivity index (χ2n) is 5.54. The van der Waals surface area contributed by atoms with Gasteiger partial charge in [-0.2, -0.15) is 0 Å². The molecule has 0 aromatic rings. The molecule has 0 saturated heterocycles. The summed E-state index contributed by atoms with van der Waals surface area (Å²) in [6, 6.07) is 0. The van der Waals surface area contributed by atoms with E-state index in [0.717, 1.165) is 0 Å². The Labute approximate surface area is 130 Å². The van der Waals surface area contributed by atoms with E-state index in [1.54, 1.807) is 6.92 Å². The zero-order valence-electron chi connectivity index (χ0n) is 13.4. The Hall–Kier alpha value is -1.22. The van der Waals surface area contributed by atoms with Crippen LogP contribution < -0.4 is 0 Å². The van der Waals surface area contributed by atoms with Gasteiger partial charge in [-0.25, -0.2) is 9.59 Å². The van der Waals surface area contributed by atoms with E-state index in [9.17, 15) is 14.7 Å². The highest BCUT2D eigenvalue weighted by molar-refractivity contribution is 5.84. The maximum atomic E-state index is 11.3. The summed E-state index contributed by atoms with van der Waals surface area (Å²) in [5.41, 5.74) is 0. The summed E-state index contributed by atoms with van der Waals surface area (Å²) in [5.74, 6) is -2.50. The van der Waals surface area contributed by atoms with Crippen molar-refractivity contribution in [3.05, 3.63) is 0 Å². The highest BCUT2D eigenvalue weighted by atomic mass is 16.6. The second kappa shape index (κ2) is 10.5. The standard InChI is InChI=1S/C14H26O8/c1-8(2)5-20-9(3)6-21-10(4)7-22-14(19)12(16)11(15)13(17)18/h8-12,15-16H,5-7H2,1-4H3,(H,17,18). The van der Waals surface area contributed by atoms with E-state index in [-0.39, 0.29) is 12.7 Å². The van der Waals surface area contributed by atoms with Gasteiger partial charge in [-0.3, -0.25) is 0 Å². The normalized spacial score (nSPS) is 16.9. The molecule has 0 aliphatic rings. The number of aliphatic hydroxyl groups is 2. The summed E-state index contributed by atoms with van der Waals surface area (Å²) >= 11 is 0. The van der Waals surface area contributed by atoms with Crippen molar-refractivity contribution in [2.24, 2.45) is 5.92 Å². The van der Waals surface area contributed by atoms with Crippen LogP contribution >= 0.6 is 0 Å². The topological polar surface area (TPSA) is 123 Å². The van der Waals surface area contributed by atoms with Gasteiger partial charge in [0.15, 0.2) is 12.2 Å². The molecule has 4 atom stereocenters. The molecule has 0 fully saturated rings. The minimum absolute atomic E-state index is 0.111. The van der Waals surface area contributed by atoms with E-state index >= 15 is 0 Å². The average molecular weight is 322 g/mol. The molecule has 0 aromatic carbocycles. The minimum Gasteiger partial charge on any atom is -0.479 e. The van der Waals surface area contributed by atoms with Gasteiger partial charge in [0.2, 0.25) is 0 Å². The third-order valence-electron chi connectivity index (χ3n) is 2.58. The second-order valence-corrected chi connectivity index (χ2v) is 5.54. The van der Waals surface area contributed by atoms with E-state index in [1.807, 2.05) is 20.8 Å². The molecule has 3 N–H and O–H groups in total. The number of carboxylic acids is 1. The first-order valence-corrected chi connectivity index (χ1v) is 7.13. The number of aliphatic carboxylic acids is 1. The summed E-state index contributed by atoms with van der Waals surface area (Å²) in [4.78, 5) is 21.7. The van der Waals surface area contributed by atoms with Crippen molar-refractivity contribution in [1.29, 1.82) is 0 Å². The average Bonchev–Trinajstić information content (AvgIpc) is 2.46. The number of rotatable bonds is 11. The van der Waals surface area contributed by atoms with E-state index in [2.05, 4.69) is 4.74 Å². The van der Waals surface area contributed by atoms with Gasteiger partial charge in [0.25, 0.3) is 0 Å². The molecule has 130 valence electrons. The smallest absolute Gasteiger partial charge is 0.338 e. The first-order chi connectivity index (χ1) is 10.1. The van der Waals surface area contributed by atoms with Crippen LogP contribution in [0.5, 0.6) is 0 Å². The van der Waals surface area contributed by atoms with Crippen LogP contribution in [0.2, 0.25) is 0 Å². The lowest BCUT2D eigenvalue weighted by Gasteiger charge is -2.19. The van der Waals surface area contributed by atoms with Gasteiger partial charge in [0.05, 0.1) is 18.8 Å². The molecule has 0 heterocycles. The fraction of sp³-hybridized carbons (Fsp3) is 0.857. The van der Waals surface area contributed by atoms with E-state index < -0.39 is 30.3 Å². The van der Waals surface area contributed by atoms with E-state index in [4.69, 9.17) is 19.7 Å². The van der Waals surface area contributed by atoms with Crippen LogP contribution in [0.1, 0.15) is 27.7 Å². The van der Waals surface area contributed by atoms with Crippen molar-refractivity contribution < 1.29 is 39.1 Å². The number of ether oxygens (including phenoxy) is 3. The van der Waals surface area contributed by atoms with Gasteiger partial charge in [0.1, 0.15) is 6.61 Å². The zero-order chi connectivity index (χ0) is 17.3. The summed E-state index contributed by atoms with van der Waals surface area (Å²) in [6.45, 7) is 8.34. The molecular formula is C14H26O8. The van der Waals surface area contributed by atoms with Crippen LogP contribution in [0.25, 0.3) is 0 Å². The van der Waals surface area contributed by atoms with Gasteiger partial charge in [-0.1, -0.05) is 13.8 Å². The maximum Gasteiger partial charge on any atom is 0.338 e. The van der Waals surface area contributed by atoms with Crippen LogP contribution in [0.15, 0.2) is 0 Å². The molecule has 8 heteroatoms. The van der Waals surface area contributed by atoms with Crippen molar-refractivity contribution in [3.8, 4) is 0 Å². The lowest BCUT2D eigenvalue weighted by Crippen LogP contribution is -2.41. The van der Waals surface area contributed by atoms with E-state index in [1.165, 1.54) is 0 Å². The Bertz CT molecular complexity index is 344. The summed E-state index contributed by atoms with van der Waals surface area (Å²) in [7, 11) is 0. The van der Waals surface area contributed by atoms with Crippen molar-refractivity contribution in [2.75, 3.05) is 19.8 Å². The Balaban J connectivity index is 3.95. The fourth-order valence-electron chi connectivity index (χ4n) is 1.30. The summed E-state index contributed by atoms with van der Waals surface area (Å²) < 4.78 is 15.6. The Morgan fingerprint density at radius 2 is 1.36 bits per heavy atom. The minimum atomic E-state index is -2.21. The summed E-state index contributed by atoms with van der Waals surface area (Å²) in [6.07, 6.45) is -4.91. The van der Waals surface area contributed by atoms with E-state index in [0.29, 0.717) is 19.1 Å². The van der Waals surface area contributed by atoms with Crippen LogP contribution in [-0.2, 0) is 23.8 Å². The van der Waals surface area contributed by atoms with Crippen LogP contribution in [0.3, 0.4) is 0 Å². The SMILES string of the molecule is CC(C)COC(C)COC(C)COC(=O)C(O)C(O)C(=O)O. The predicted molar refractivity (Wildman–Crippen MR) is 76.3 cm³/mol. The number of aliphatic hydroxyl groups excluding tert-OH is 2. The van der Waals surface area contributed by atoms with Crippen LogP contribution in [0, 0.1) is 5.92 Å². The lowest BCUT2D eigenvalue weighted by atomic mass is 10.2. The molecule has 0 aliphatic carbocycles. The first-order valence-electron chi connectivity index (χ1n) is 7.13. The largest absolute Gasteiger partial charge is 0.479 e. The highest BCUT2D eigenvalue weighted by Gasteiger charge is 2.31. The van der Waals surface area contributed by atoms with Crippen LogP contribution in [-0.4, -0.2) is 71.5 Å². The predicted octanol–water partition coefficient (Wildman–Crippen LogP) is -0.198. The molecule has 0 aliphatic heterocycles. The highest BCUT2D eigenvalue weighted by Crippen LogP contribution is 2.03. The van der Waals surface area contributed by atoms with Gasteiger partial charge < -0.3 is 29.5 Å². The Morgan fingerprint density at radius 1 is 0.864 bits per heavy atom. The summed E-state index contributed by atoms with van der Waals surface area (Å²) in [5, 5.41) is 26.7. The van der Waals surface area contributed by atoms with Crippen LogP contribution in [0.4, 0.5) is 0 Å². The first kappa shape index (κ1) is 20.8. The van der Waals surface area contributed by atoms with Crippen molar-refractivity contribution in [3.63, 3.8) is 0 Å². The number of hydrogen-bond donors (Lipinski definition) is 3. The Kier molecular flexibility index (Phi) is 9.91. The number of hydrogen-bond acceptors (Lipinski definition) is 7. The maximum absolute atomic E-state index is 11.3. The van der Waals surface area contributed by atoms with Crippen molar-refractivity contribution in [2.45, 2.75) is 52.1 Å². The molecule has 0 amide bonds. The molecule has 0 bridgehead atoms. The number of carboxylic acid groups (broad SMARTS) is 1. The molecule has 0 rings (SSSR count). The molecule has 4 unspecified atom stereocenters. The van der Waals surface area contributed by atoms with Crippen molar-refractivity contribution in [1.82, 2.24) is 0 Å². The quantitative estimate of drug-likeness (QED) is 0.447. The Morgan fingerprint density at radius 3 is 1.86 bits per heavy atom. The zero-order valence-corrected chi connectivity index (χ0v) is 13.4. The van der Waals surface area contributed by atoms with Gasteiger partial charge in [0, 0.05) is 6.61 Å².